The summed E-state index contributed by atoms with van der Waals surface area (Å²) in [6.07, 6.45) is 0. The molecule has 1 amide bonds. The van der Waals surface area contributed by atoms with Gasteiger partial charge in [0.2, 0.25) is 0 Å². The number of H-pyrrole nitrogens is 1. The van der Waals surface area contributed by atoms with Crippen molar-refractivity contribution in [3.05, 3.63) is 62.5 Å². The third kappa shape index (κ3) is 3.29. The quantitative estimate of drug-likeness (QED) is 0.908. The summed E-state index contributed by atoms with van der Waals surface area (Å²) in [5.74, 6) is -0.334. The standard InChI is InChI=1S/C13H12BrN3O2/c1-8(9-4-2-3-5-10(9)14)15-13(19)11-6-7-12(18)17-16-11/h2-8H,1H3,(H,15,19)(H,17,18)/t8-/m1/s1. The molecule has 0 aliphatic rings. The van der Waals surface area contributed by atoms with Crippen molar-refractivity contribution >= 4 is 21.8 Å². The Hall–Kier alpha value is -1.95. The number of carbonyl (C=O) groups is 1. The summed E-state index contributed by atoms with van der Waals surface area (Å²) in [4.78, 5) is 22.8. The maximum Gasteiger partial charge on any atom is 0.272 e. The van der Waals surface area contributed by atoms with Crippen LogP contribution in [-0.4, -0.2) is 16.1 Å². The fourth-order valence-electron chi connectivity index (χ4n) is 1.65. The van der Waals surface area contributed by atoms with Crippen molar-refractivity contribution in [1.82, 2.24) is 15.5 Å². The zero-order valence-corrected chi connectivity index (χ0v) is 11.8. The second-order valence-electron chi connectivity index (χ2n) is 4.02. The van der Waals surface area contributed by atoms with Gasteiger partial charge in [0, 0.05) is 10.5 Å². The monoisotopic (exact) mass is 321 g/mol. The van der Waals surface area contributed by atoms with Crippen molar-refractivity contribution in [3.8, 4) is 0 Å². The van der Waals surface area contributed by atoms with Crippen molar-refractivity contribution in [2.45, 2.75) is 13.0 Å². The van der Waals surface area contributed by atoms with Crippen LogP contribution in [-0.2, 0) is 0 Å². The predicted molar refractivity (Wildman–Crippen MR) is 74.9 cm³/mol. The number of rotatable bonds is 3. The smallest absolute Gasteiger partial charge is 0.272 e. The Labute approximate surface area is 118 Å². The van der Waals surface area contributed by atoms with Gasteiger partial charge in [0.15, 0.2) is 0 Å². The number of nitrogens with one attached hydrogen (secondary N) is 2. The Kier molecular flexibility index (Phi) is 4.11. The van der Waals surface area contributed by atoms with Crippen LogP contribution in [0.4, 0.5) is 0 Å². The Morgan fingerprint density at radius 3 is 2.68 bits per heavy atom. The first-order valence-corrected chi connectivity index (χ1v) is 6.48. The summed E-state index contributed by atoms with van der Waals surface area (Å²) in [6.45, 7) is 1.88. The molecule has 1 heterocycles. The second kappa shape index (κ2) is 5.79. The predicted octanol–water partition coefficient (Wildman–Crippen LogP) is 2.02. The van der Waals surface area contributed by atoms with Gasteiger partial charge in [-0.05, 0) is 24.6 Å². The highest BCUT2D eigenvalue weighted by Crippen LogP contribution is 2.22. The number of carbonyl (C=O) groups excluding carboxylic acids is 1. The van der Waals surface area contributed by atoms with Crippen molar-refractivity contribution in [3.63, 3.8) is 0 Å². The Balaban J connectivity index is 2.13. The van der Waals surface area contributed by atoms with Crippen molar-refractivity contribution < 1.29 is 4.79 Å². The molecule has 1 aromatic carbocycles. The van der Waals surface area contributed by atoms with Crippen molar-refractivity contribution in [2.75, 3.05) is 0 Å². The van der Waals surface area contributed by atoms with E-state index in [2.05, 4.69) is 31.4 Å². The van der Waals surface area contributed by atoms with Crippen LogP contribution in [0.25, 0.3) is 0 Å². The lowest BCUT2D eigenvalue weighted by Gasteiger charge is -2.15. The van der Waals surface area contributed by atoms with Gasteiger partial charge in [-0.25, -0.2) is 5.10 Å². The van der Waals surface area contributed by atoms with Crippen molar-refractivity contribution in [1.29, 1.82) is 0 Å². The van der Waals surface area contributed by atoms with Gasteiger partial charge >= 0.3 is 0 Å². The Morgan fingerprint density at radius 2 is 2.05 bits per heavy atom. The summed E-state index contributed by atoms with van der Waals surface area (Å²) in [5.41, 5.74) is 0.814. The molecule has 1 atom stereocenters. The van der Waals surface area contributed by atoms with Crippen LogP contribution in [0, 0.1) is 0 Å². The number of aromatic amines is 1. The summed E-state index contributed by atoms with van der Waals surface area (Å²) in [5, 5.41) is 8.73. The fraction of sp³-hybridized carbons (Fsp3) is 0.154. The zero-order chi connectivity index (χ0) is 13.8. The zero-order valence-electron chi connectivity index (χ0n) is 10.2. The molecule has 6 heteroatoms. The number of aromatic nitrogens is 2. The van der Waals surface area contributed by atoms with Crippen LogP contribution < -0.4 is 10.9 Å². The highest BCUT2D eigenvalue weighted by atomic mass is 79.9. The topological polar surface area (TPSA) is 74.8 Å². The molecule has 0 spiro atoms. The normalized spacial score (nSPS) is 11.9. The van der Waals surface area contributed by atoms with Gasteiger partial charge in [-0.2, -0.15) is 5.10 Å². The van der Waals surface area contributed by atoms with E-state index in [1.807, 2.05) is 31.2 Å². The Bertz CT molecular complexity index is 634. The minimum absolute atomic E-state index is 0.170. The minimum Gasteiger partial charge on any atom is -0.344 e. The third-order valence-corrected chi connectivity index (χ3v) is 3.35. The number of nitrogens with zero attached hydrogens (tertiary/aromatic N) is 1. The second-order valence-corrected chi connectivity index (χ2v) is 4.88. The highest BCUT2D eigenvalue weighted by molar-refractivity contribution is 9.10. The molecule has 0 saturated heterocycles. The van der Waals surface area contributed by atoms with Gasteiger partial charge in [-0.1, -0.05) is 34.1 Å². The Morgan fingerprint density at radius 1 is 1.32 bits per heavy atom. The molecule has 98 valence electrons. The first kappa shape index (κ1) is 13.5. The van der Waals surface area contributed by atoms with E-state index in [1.165, 1.54) is 12.1 Å². The van der Waals surface area contributed by atoms with Crippen LogP contribution in [0.1, 0.15) is 29.0 Å². The van der Waals surface area contributed by atoms with Crippen LogP contribution in [0.2, 0.25) is 0 Å². The van der Waals surface area contributed by atoms with E-state index in [0.29, 0.717) is 0 Å². The molecule has 5 nitrogen and oxygen atoms in total. The molecular weight excluding hydrogens is 310 g/mol. The van der Waals surface area contributed by atoms with Crippen LogP contribution in [0.5, 0.6) is 0 Å². The summed E-state index contributed by atoms with van der Waals surface area (Å²) in [7, 11) is 0. The van der Waals surface area contributed by atoms with Gasteiger partial charge < -0.3 is 5.32 Å². The number of halogens is 1. The van der Waals surface area contributed by atoms with E-state index in [1.54, 1.807) is 0 Å². The SMILES string of the molecule is C[C@@H](NC(=O)c1ccc(=O)[nH]n1)c1ccccc1Br. The summed E-state index contributed by atoms with van der Waals surface area (Å²) < 4.78 is 0.928. The highest BCUT2D eigenvalue weighted by Gasteiger charge is 2.14. The molecule has 0 saturated carbocycles. The summed E-state index contributed by atoms with van der Waals surface area (Å²) in [6, 6.07) is 10.1. The van der Waals surface area contributed by atoms with Gasteiger partial charge in [0.1, 0.15) is 5.69 Å². The van der Waals surface area contributed by atoms with E-state index in [4.69, 9.17) is 0 Å². The molecule has 19 heavy (non-hydrogen) atoms. The lowest BCUT2D eigenvalue weighted by molar-refractivity contribution is 0.0933. The van der Waals surface area contributed by atoms with Crippen LogP contribution in [0.15, 0.2) is 45.7 Å². The number of hydrogen-bond acceptors (Lipinski definition) is 3. The minimum atomic E-state index is -0.338. The molecule has 0 aliphatic carbocycles. The lowest BCUT2D eigenvalue weighted by atomic mass is 10.1. The van der Waals surface area contributed by atoms with E-state index in [0.717, 1.165) is 10.0 Å². The third-order valence-electron chi connectivity index (χ3n) is 2.63. The number of benzene rings is 1. The fourth-order valence-corrected chi connectivity index (χ4v) is 2.27. The van der Waals surface area contributed by atoms with E-state index < -0.39 is 0 Å². The van der Waals surface area contributed by atoms with Gasteiger partial charge in [-0.3, -0.25) is 9.59 Å². The molecule has 1 aromatic heterocycles. The van der Waals surface area contributed by atoms with Crippen molar-refractivity contribution in [2.24, 2.45) is 0 Å². The molecule has 2 aromatic rings. The van der Waals surface area contributed by atoms with Crippen LogP contribution >= 0.6 is 15.9 Å². The van der Waals surface area contributed by atoms with Gasteiger partial charge in [-0.15, -0.1) is 0 Å². The van der Waals surface area contributed by atoms with Gasteiger partial charge in [0.25, 0.3) is 11.5 Å². The van der Waals surface area contributed by atoms with E-state index in [9.17, 15) is 9.59 Å². The first-order valence-electron chi connectivity index (χ1n) is 5.69. The maximum absolute atomic E-state index is 11.9. The average molecular weight is 322 g/mol. The van der Waals surface area contributed by atoms with Gasteiger partial charge in [0.05, 0.1) is 6.04 Å². The van der Waals surface area contributed by atoms with E-state index in [-0.39, 0.29) is 23.2 Å². The molecule has 0 radical (unpaired) electrons. The van der Waals surface area contributed by atoms with Crippen LogP contribution in [0.3, 0.4) is 0 Å². The molecule has 0 aliphatic heterocycles. The molecule has 2 rings (SSSR count). The number of hydrogen-bond donors (Lipinski definition) is 2. The first-order chi connectivity index (χ1) is 9.08. The van der Waals surface area contributed by atoms with E-state index >= 15 is 0 Å². The molecule has 2 N–H and O–H groups in total. The lowest BCUT2D eigenvalue weighted by Crippen LogP contribution is -2.28. The molecule has 0 bridgehead atoms. The average Bonchev–Trinajstić information content (AvgIpc) is 2.39. The molecule has 0 unspecified atom stereocenters. The molecule has 0 fully saturated rings. The number of amides is 1. The maximum atomic E-state index is 11.9. The molecular formula is C13H12BrN3O2. The summed E-state index contributed by atoms with van der Waals surface area (Å²) >= 11 is 3.44. The largest absolute Gasteiger partial charge is 0.344 e.